The minimum absolute atomic E-state index is 0.0383. The number of benzene rings is 1. The summed E-state index contributed by atoms with van der Waals surface area (Å²) in [5, 5.41) is 4.26. The highest BCUT2D eigenvalue weighted by Gasteiger charge is 2.20. The summed E-state index contributed by atoms with van der Waals surface area (Å²) in [6.07, 6.45) is 1.05. The smallest absolute Gasteiger partial charge is 0.129 e. The Morgan fingerprint density at radius 1 is 1.29 bits per heavy atom. The number of rotatable bonds is 7. The average molecular weight is 308 g/mol. The fourth-order valence-corrected chi connectivity index (χ4v) is 2.63. The molecule has 2 rings (SSSR count). The number of aryl methyl sites for hydroxylation is 1. The molecule has 0 fully saturated rings. The standard InChI is InChI=1S/C17H22ClNO2/c1-4-9-19-17(14-7-5-12(2)10-15(14)18)16-8-6-13(21-16)11-20-3/h5-8,10,17,19H,4,9,11H2,1-3H3. The number of halogens is 1. The molecule has 0 saturated carbocycles. The van der Waals surface area contributed by atoms with Crippen LogP contribution in [0.15, 0.2) is 34.7 Å². The Morgan fingerprint density at radius 3 is 2.76 bits per heavy atom. The lowest BCUT2D eigenvalue weighted by Crippen LogP contribution is -2.23. The van der Waals surface area contributed by atoms with Gasteiger partial charge in [0.1, 0.15) is 18.1 Å². The van der Waals surface area contributed by atoms with Gasteiger partial charge in [0.25, 0.3) is 0 Å². The van der Waals surface area contributed by atoms with Gasteiger partial charge >= 0.3 is 0 Å². The van der Waals surface area contributed by atoms with Crippen molar-refractivity contribution in [3.8, 4) is 0 Å². The van der Waals surface area contributed by atoms with Crippen LogP contribution in [0.3, 0.4) is 0 Å². The summed E-state index contributed by atoms with van der Waals surface area (Å²) in [4.78, 5) is 0. The average Bonchev–Trinajstić information content (AvgIpc) is 2.90. The summed E-state index contributed by atoms with van der Waals surface area (Å²) < 4.78 is 11.0. The zero-order chi connectivity index (χ0) is 15.2. The van der Waals surface area contributed by atoms with E-state index in [0.29, 0.717) is 6.61 Å². The first-order chi connectivity index (χ1) is 10.2. The fraction of sp³-hybridized carbons (Fsp3) is 0.412. The molecule has 2 aromatic rings. The molecule has 114 valence electrons. The highest BCUT2D eigenvalue weighted by atomic mass is 35.5. The second-order valence-electron chi connectivity index (χ2n) is 5.15. The van der Waals surface area contributed by atoms with E-state index in [-0.39, 0.29) is 6.04 Å². The lowest BCUT2D eigenvalue weighted by atomic mass is 10.0. The lowest BCUT2D eigenvalue weighted by molar-refractivity contribution is 0.162. The highest BCUT2D eigenvalue weighted by molar-refractivity contribution is 6.31. The van der Waals surface area contributed by atoms with Crippen molar-refractivity contribution in [2.24, 2.45) is 0 Å². The van der Waals surface area contributed by atoms with Gasteiger partial charge in [0.05, 0.1) is 6.04 Å². The van der Waals surface area contributed by atoms with Gasteiger partial charge in [-0.05, 0) is 49.2 Å². The van der Waals surface area contributed by atoms with Crippen molar-refractivity contribution < 1.29 is 9.15 Å². The van der Waals surface area contributed by atoms with Gasteiger partial charge in [-0.3, -0.25) is 0 Å². The van der Waals surface area contributed by atoms with E-state index >= 15 is 0 Å². The second-order valence-corrected chi connectivity index (χ2v) is 5.56. The zero-order valence-electron chi connectivity index (χ0n) is 12.8. The number of ether oxygens (including phenoxy) is 1. The van der Waals surface area contributed by atoms with Crippen LogP contribution < -0.4 is 5.32 Å². The Balaban J connectivity index is 2.32. The van der Waals surface area contributed by atoms with Crippen LogP contribution >= 0.6 is 11.6 Å². The molecule has 0 spiro atoms. The molecule has 1 unspecified atom stereocenters. The molecule has 0 radical (unpaired) electrons. The molecule has 0 saturated heterocycles. The largest absolute Gasteiger partial charge is 0.462 e. The molecule has 0 amide bonds. The topological polar surface area (TPSA) is 34.4 Å². The van der Waals surface area contributed by atoms with Crippen molar-refractivity contribution in [1.82, 2.24) is 5.32 Å². The maximum absolute atomic E-state index is 6.41. The Morgan fingerprint density at radius 2 is 2.10 bits per heavy atom. The van der Waals surface area contributed by atoms with Gasteiger partial charge in [-0.15, -0.1) is 0 Å². The van der Waals surface area contributed by atoms with Crippen molar-refractivity contribution in [1.29, 1.82) is 0 Å². The molecule has 21 heavy (non-hydrogen) atoms. The number of methoxy groups -OCH3 is 1. The van der Waals surface area contributed by atoms with Gasteiger partial charge in [-0.25, -0.2) is 0 Å². The summed E-state index contributed by atoms with van der Waals surface area (Å²) in [6, 6.07) is 10.0. The zero-order valence-corrected chi connectivity index (χ0v) is 13.5. The maximum atomic E-state index is 6.41. The second kappa shape index (κ2) is 7.64. The summed E-state index contributed by atoms with van der Waals surface area (Å²) in [5.41, 5.74) is 2.19. The van der Waals surface area contributed by atoms with Gasteiger partial charge in [0.2, 0.25) is 0 Å². The van der Waals surface area contributed by atoms with E-state index < -0.39 is 0 Å². The molecule has 1 N–H and O–H groups in total. The number of nitrogens with one attached hydrogen (secondary N) is 1. The third-order valence-electron chi connectivity index (χ3n) is 3.32. The van der Waals surface area contributed by atoms with Crippen molar-refractivity contribution in [3.05, 3.63) is 58.0 Å². The van der Waals surface area contributed by atoms with Crippen LogP contribution in [0.1, 0.15) is 42.0 Å². The predicted molar refractivity (Wildman–Crippen MR) is 85.7 cm³/mol. The van der Waals surface area contributed by atoms with Gasteiger partial charge in [0.15, 0.2) is 0 Å². The molecular weight excluding hydrogens is 286 g/mol. The quantitative estimate of drug-likeness (QED) is 0.819. The van der Waals surface area contributed by atoms with Crippen molar-refractivity contribution >= 4 is 11.6 Å². The highest BCUT2D eigenvalue weighted by Crippen LogP contribution is 2.30. The van der Waals surface area contributed by atoms with E-state index in [1.807, 2.05) is 25.1 Å². The number of furan rings is 1. The van der Waals surface area contributed by atoms with Crippen LogP contribution in [0.5, 0.6) is 0 Å². The van der Waals surface area contributed by atoms with Crippen LogP contribution in [0.25, 0.3) is 0 Å². The molecule has 1 heterocycles. The summed E-state index contributed by atoms with van der Waals surface area (Å²) in [7, 11) is 1.66. The maximum Gasteiger partial charge on any atom is 0.129 e. The molecule has 0 aliphatic carbocycles. The normalized spacial score (nSPS) is 12.6. The van der Waals surface area contributed by atoms with E-state index in [1.54, 1.807) is 7.11 Å². The molecule has 1 atom stereocenters. The third kappa shape index (κ3) is 4.10. The van der Waals surface area contributed by atoms with Crippen LogP contribution in [-0.4, -0.2) is 13.7 Å². The summed E-state index contributed by atoms with van der Waals surface area (Å²) >= 11 is 6.41. The van der Waals surface area contributed by atoms with Crippen molar-refractivity contribution in [3.63, 3.8) is 0 Å². The summed E-state index contributed by atoms with van der Waals surface area (Å²) in [6.45, 7) is 5.55. The molecule has 0 bridgehead atoms. The molecule has 3 nitrogen and oxygen atoms in total. The van der Waals surface area contributed by atoms with E-state index in [0.717, 1.165) is 40.6 Å². The first-order valence-corrected chi connectivity index (χ1v) is 7.60. The monoisotopic (exact) mass is 307 g/mol. The SMILES string of the molecule is CCCNC(c1ccc(COC)o1)c1ccc(C)cc1Cl. The Hall–Kier alpha value is -1.29. The van der Waals surface area contributed by atoms with E-state index in [4.69, 9.17) is 20.8 Å². The fourth-order valence-electron chi connectivity index (χ4n) is 2.29. The predicted octanol–water partition coefficient (Wildman–Crippen LogP) is 4.48. The molecule has 4 heteroatoms. The molecule has 0 aliphatic rings. The molecule has 1 aromatic carbocycles. The van der Waals surface area contributed by atoms with Crippen LogP contribution in [0, 0.1) is 6.92 Å². The molecule has 0 aliphatic heterocycles. The van der Waals surface area contributed by atoms with Gasteiger partial charge in [0, 0.05) is 12.1 Å². The Bertz CT molecular complexity index is 580. The van der Waals surface area contributed by atoms with Crippen LogP contribution in [0.2, 0.25) is 5.02 Å². The van der Waals surface area contributed by atoms with E-state index in [2.05, 4.69) is 24.4 Å². The third-order valence-corrected chi connectivity index (χ3v) is 3.65. The lowest BCUT2D eigenvalue weighted by Gasteiger charge is -2.18. The molecular formula is C17H22ClNO2. The van der Waals surface area contributed by atoms with E-state index in [1.165, 1.54) is 0 Å². The van der Waals surface area contributed by atoms with E-state index in [9.17, 15) is 0 Å². The van der Waals surface area contributed by atoms with Gasteiger partial charge in [-0.1, -0.05) is 30.7 Å². The summed E-state index contributed by atoms with van der Waals surface area (Å²) in [5.74, 6) is 1.68. The Kier molecular flexibility index (Phi) is 5.85. The number of hydrogen-bond acceptors (Lipinski definition) is 3. The van der Waals surface area contributed by atoms with Crippen LogP contribution in [-0.2, 0) is 11.3 Å². The van der Waals surface area contributed by atoms with Gasteiger partial charge < -0.3 is 14.5 Å². The first-order valence-electron chi connectivity index (χ1n) is 7.22. The number of hydrogen-bond donors (Lipinski definition) is 1. The van der Waals surface area contributed by atoms with Gasteiger partial charge in [-0.2, -0.15) is 0 Å². The molecule has 1 aromatic heterocycles. The minimum Gasteiger partial charge on any atom is -0.462 e. The van der Waals surface area contributed by atoms with Crippen molar-refractivity contribution in [2.75, 3.05) is 13.7 Å². The van der Waals surface area contributed by atoms with Crippen molar-refractivity contribution in [2.45, 2.75) is 32.9 Å². The first kappa shape index (κ1) is 16.1. The Labute approximate surface area is 131 Å². The minimum atomic E-state index is -0.0383. The van der Waals surface area contributed by atoms with Crippen LogP contribution in [0.4, 0.5) is 0 Å².